The fourth-order valence-corrected chi connectivity index (χ4v) is 2.08. The molecule has 0 radical (unpaired) electrons. The van der Waals surface area contributed by atoms with Crippen molar-refractivity contribution < 1.29 is 22.7 Å². The summed E-state index contributed by atoms with van der Waals surface area (Å²) in [6, 6.07) is 9.28. The van der Waals surface area contributed by atoms with E-state index < -0.39 is 11.7 Å². The van der Waals surface area contributed by atoms with Gasteiger partial charge in [0.1, 0.15) is 5.75 Å². The van der Waals surface area contributed by atoms with E-state index in [0.717, 1.165) is 12.1 Å². The van der Waals surface area contributed by atoms with Crippen molar-refractivity contribution in [2.75, 3.05) is 12.8 Å². The van der Waals surface area contributed by atoms with Crippen LogP contribution >= 0.6 is 0 Å². The number of carbonyl (C=O) groups excluding carboxylic acids is 1. The van der Waals surface area contributed by atoms with Crippen LogP contribution in [0.15, 0.2) is 42.5 Å². The smallest absolute Gasteiger partial charge is 0.416 e. The number of hydrogen-bond acceptors (Lipinski definition) is 3. The van der Waals surface area contributed by atoms with E-state index in [0.29, 0.717) is 11.4 Å². The average Bonchev–Trinajstić information content (AvgIpc) is 2.46. The Kier molecular flexibility index (Phi) is 4.40. The first kappa shape index (κ1) is 15.9. The van der Waals surface area contributed by atoms with Gasteiger partial charge in [0, 0.05) is 12.1 Å². The summed E-state index contributed by atoms with van der Waals surface area (Å²) >= 11 is 0. The highest BCUT2D eigenvalue weighted by Gasteiger charge is 2.30. The van der Waals surface area contributed by atoms with Gasteiger partial charge in [0.2, 0.25) is 0 Å². The molecule has 2 rings (SSSR count). The summed E-state index contributed by atoms with van der Waals surface area (Å²) in [4.78, 5) is 12.3. The number of nitrogens with two attached hydrogens (primary N) is 1. The van der Waals surface area contributed by atoms with Crippen molar-refractivity contribution in [1.82, 2.24) is 0 Å². The Labute approximate surface area is 125 Å². The molecule has 0 saturated carbocycles. The molecule has 0 amide bonds. The molecule has 0 unspecified atom stereocenters. The molecule has 0 bridgehead atoms. The van der Waals surface area contributed by atoms with Gasteiger partial charge in [-0.15, -0.1) is 0 Å². The van der Waals surface area contributed by atoms with Crippen molar-refractivity contribution >= 4 is 11.5 Å². The maximum atomic E-state index is 12.7. The van der Waals surface area contributed by atoms with Gasteiger partial charge in [-0.05, 0) is 29.8 Å². The first-order chi connectivity index (χ1) is 10.3. The highest BCUT2D eigenvalue weighted by molar-refractivity contribution is 6.00. The second-order valence-corrected chi connectivity index (χ2v) is 4.76. The topological polar surface area (TPSA) is 52.3 Å². The largest absolute Gasteiger partial charge is 0.496 e. The summed E-state index contributed by atoms with van der Waals surface area (Å²) < 4.78 is 43.1. The van der Waals surface area contributed by atoms with Crippen LogP contribution in [-0.4, -0.2) is 12.9 Å². The maximum absolute atomic E-state index is 12.7. The number of ether oxygens (including phenoxy) is 1. The van der Waals surface area contributed by atoms with Crippen molar-refractivity contribution in [2.45, 2.75) is 12.6 Å². The van der Waals surface area contributed by atoms with Crippen molar-refractivity contribution in [3.05, 3.63) is 59.2 Å². The number of benzene rings is 2. The molecule has 0 spiro atoms. The summed E-state index contributed by atoms with van der Waals surface area (Å²) in [6.45, 7) is 0. The fraction of sp³-hybridized carbons (Fsp3) is 0.188. The molecule has 0 aliphatic heterocycles. The number of methoxy groups -OCH3 is 1. The number of ketones is 1. The minimum absolute atomic E-state index is 0.163. The third-order valence-corrected chi connectivity index (χ3v) is 3.14. The Morgan fingerprint density at radius 3 is 2.55 bits per heavy atom. The highest BCUT2D eigenvalue weighted by atomic mass is 19.4. The zero-order valence-electron chi connectivity index (χ0n) is 11.8. The first-order valence-corrected chi connectivity index (χ1v) is 6.44. The zero-order chi connectivity index (χ0) is 16.3. The van der Waals surface area contributed by atoms with E-state index in [9.17, 15) is 18.0 Å². The maximum Gasteiger partial charge on any atom is 0.416 e. The van der Waals surface area contributed by atoms with Gasteiger partial charge >= 0.3 is 6.18 Å². The van der Waals surface area contributed by atoms with Crippen LogP contribution in [0.2, 0.25) is 0 Å². The second kappa shape index (κ2) is 6.09. The summed E-state index contributed by atoms with van der Waals surface area (Å²) in [5.41, 5.74) is 5.77. The van der Waals surface area contributed by atoms with Gasteiger partial charge in [0.05, 0.1) is 18.2 Å². The number of halogens is 3. The van der Waals surface area contributed by atoms with Gasteiger partial charge in [-0.3, -0.25) is 4.79 Å². The highest BCUT2D eigenvalue weighted by Crippen LogP contribution is 2.30. The monoisotopic (exact) mass is 309 g/mol. The lowest BCUT2D eigenvalue weighted by Gasteiger charge is -2.10. The normalized spacial score (nSPS) is 11.3. The van der Waals surface area contributed by atoms with Crippen LogP contribution in [-0.2, 0) is 12.6 Å². The van der Waals surface area contributed by atoms with E-state index >= 15 is 0 Å². The summed E-state index contributed by atoms with van der Waals surface area (Å²) in [6.07, 6.45) is -4.60. The van der Waals surface area contributed by atoms with Gasteiger partial charge in [0.25, 0.3) is 0 Å². The fourth-order valence-electron chi connectivity index (χ4n) is 2.08. The minimum Gasteiger partial charge on any atom is -0.496 e. The number of alkyl halides is 3. The minimum atomic E-state index is -4.44. The summed E-state index contributed by atoms with van der Waals surface area (Å²) in [5.74, 6) is -0.0188. The lowest BCUT2D eigenvalue weighted by molar-refractivity contribution is -0.137. The summed E-state index contributed by atoms with van der Waals surface area (Å²) in [7, 11) is 1.41. The number of nitrogen functional groups attached to an aromatic ring is 1. The van der Waals surface area contributed by atoms with Crippen LogP contribution in [0.5, 0.6) is 5.75 Å². The molecule has 2 aromatic rings. The molecule has 0 aliphatic carbocycles. The molecule has 2 aromatic carbocycles. The van der Waals surface area contributed by atoms with Crippen LogP contribution in [0.4, 0.5) is 18.9 Å². The predicted molar refractivity (Wildman–Crippen MR) is 76.9 cm³/mol. The predicted octanol–water partition coefficient (Wildman–Crippen LogP) is 3.72. The van der Waals surface area contributed by atoms with E-state index in [1.54, 1.807) is 12.1 Å². The number of Topliss-reactive ketones (excluding diaryl/α,β-unsaturated/α-hetero) is 1. The van der Waals surface area contributed by atoms with Gasteiger partial charge in [-0.2, -0.15) is 13.2 Å². The third kappa shape index (κ3) is 3.58. The Hall–Kier alpha value is -2.50. The van der Waals surface area contributed by atoms with E-state index in [4.69, 9.17) is 10.5 Å². The van der Waals surface area contributed by atoms with Gasteiger partial charge in [0.15, 0.2) is 5.78 Å². The molecule has 0 aliphatic rings. The average molecular weight is 309 g/mol. The molecule has 0 aromatic heterocycles. The zero-order valence-corrected chi connectivity index (χ0v) is 11.8. The Morgan fingerprint density at radius 1 is 1.18 bits per heavy atom. The second-order valence-electron chi connectivity index (χ2n) is 4.76. The molecular weight excluding hydrogens is 295 g/mol. The van der Waals surface area contributed by atoms with Crippen LogP contribution in [0, 0.1) is 0 Å². The Morgan fingerprint density at radius 2 is 1.91 bits per heavy atom. The van der Waals surface area contributed by atoms with Crippen LogP contribution < -0.4 is 10.5 Å². The Balaban J connectivity index is 2.28. The Bertz CT molecular complexity index is 696. The molecule has 0 heterocycles. The lowest BCUT2D eigenvalue weighted by atomic mass is 10.00. The molecular formula is C16H14F3NO2. The quantitative estimate of drug-likeness (QED) is 0.692. The van der Waals surface area contributed by atoms with Crippen molar-refractivity contribution in [2.24, 2.45) is 0 Å². The number of carbonyl (C=O) groups is 1. The van der Waals surface area contributed by atoms with Crippen molar-refractivity contribution in [1.29, 1.82) is 0 Å². The van der Waals surface area contributed by atoms with Crippen LogP contribution in [0.1, 0.15) is 21.5 Å². The SMILES string of the molecule is COc1ccc(N)cc1C(=O)Cc1cccc(C(F)(F)F)c1. The van der Waals surface area contributed by atoms with Crippen LogP contribution in [0.25, 0.3) is 0 Å². The van der Waals surface area contributed by atoms with E-state index in [1.165, 1.54) is 25.3 Å². The standard InChI is InChI=1S/C16H14F3NO2/c1-22-15-6-5-12(20)9-13(15)14(21)8-10-3-2-4-11(7-10)16(17,18)19/h2-7,9H,8,20H2,1H3. The lowest BCUT2D eigenvalue weighted by Crippen LogP contribution is -2.09. The number of anilines is 1. The molecule has 6 heteroatoms. The molecule has 2 N–H and O–H groups in total. The molecule has 0 saturated heterocycles. The van der Waals surface area contributed by atoms with E-state index in [1.807, 2.05) is 0 Å². The molecule has 0 fully saturated rings. The summed E-state index contributed by atoms with van der Waals surface area (Å²) in [5, 5.41) is 0. The molecule has 0 atom stereocenters. The third-order valence-electron chi connectivity index (χ3n) is 3.14. The van der Waals surface area contributed by atoms with Crippen molar-refractivity contribution in [3.8, 4) is 5.75 Å². The van der Waals surface area contributed by atoms with E-state index in [-0.39, 0.29) is 23.3 Å². The number of rotatable bonds is 4. The first-order valence-electron chi connectivity index (χ1n) is 6.44. The van der Waals surface area contributed by atoms with Crippen molar-refractivity contribution in [3.63, 3.8) is 0 Å². The molecule has 22 heavy (non-hydrogen) atoms. The van der Waals surface area contributed by atoms with Gasteiger partial charge in [-0.1, -0.05) is 18.2 Å². The van der Waals surface area contributed by atoms with Gasteiger partial charge in [-0.25, -0.2) is 0 Å². The van der Waals surface area contributed by atoms with Gasteiger partial charge < -0.3 is 10.5 Å². The number of hydrogen-bond donors (Lipinski definition) is 1. The molecule has 3 nitrogen and oxygen atoms in total. The van der Waals surface area contributed by atoms with Crippen LogP contribution in [0.3, 0.4) is 0 Å². The molecule has 116 valence electrons. The van der Waals surface area contributed by atoms with E-state index in [2.05, 4.69) is 0 Å².